The molecule has 0 unspecified atom stereocenters. The van der Waals surface area contributed by atoms with Gasteiger partial charge in [-0.15, -0.1) is 70.3 Å². The second-order valence-electron chi connectivity index (χ2n) is 5.19. The average Bonchev–Trinajstić information content (AvgIpc) is 3.16. The molecule has 24 heavy (non-hydrogen) atoms. The normalized spacial score (nSPS) is 9.00. The zero-order valence-corrected chi connectivity index (χ0v) is 18.7. The third kappa shape index (κ3) is 5.70. The van der Waals surface area contributed by atoms with E-state index in [9.17, 15) is 0 Å². The van der Waals surface area contributed by atoms with Gasteiger partial charge in [0.25, 0.3) is 0 Å². The van der Waals surface area contributed by atoms with Crippen LogP contribution in [-0.2, 0) is 23.3 Å². The largest absolute Gasteiger partial charge is 0.168 e. The maximum absolute atomic E-state index is 3.06. The first-order valence-electron chi connectivity index (χ1n) is 7.23. The molecule has 0 saturated carbocycles. The molecule has 0 nitrogen and oxygen atoms in total. The zero-order valence-electron chi connectivity index (χ0n) is 13.7. The standard InChI is InChI=1S/C11H11.C9H7.2ClH.Si.Zr/c1-8-7-10-5-3-4-6-11(10)9(8)2;1-2-5-9-7-3-6-8(9)4-1;;;;/h3-7H,1-2H3;1-7H;2*1H;;/q2*-1;;;;+2/p-2. The monoisotopic (exact) mass is 446 g/mol. The van der Waals surface area contributed by atoms with E-state index in [1.165, 1.54) is 56.0 Å². The summed E-state index contributed by atoms with van der Waals surface area (Å²) in [4.78, 5) is 0. The molecule has 4 heteroatoms. The van der Waals surface area contributed by atoms with E-state index in [0.717, 1.165) is 0 Å². The van der Waals surface area contributed by atoms with Crippen molar-refractivity contribution >= 4 is 28.4 Å². The Kier molecular flexibility index (Phi) is 11.5. The molecule has 0 aromatic heterocycles. The van der Waals surface area contributed by atoms with Crippen molar-refractivity contribution in [3.05, 3.63) is 83.9 Å². The van der Waals surface area contributed by atoms with Gasteiger partial charge in [-0.25, -0.2) is 0 Å². The van der Waals surface area contributed by atoms with Crippen molar-refractivity contribution in [2.24, 2.45) is 0 Å². The van der Waals surface area contributed by atoms with Crippen molar-refractivity contribution in [3.63, 3.8) is 0 Å². The van der Waals surface area contributed by atoms with E-state index in [2.05, 4.69) is 93.5 Å². The van der Waals surface area contributed by atoms with E-state index in [1.54, 1.807) is 0 Å². The minimum atomic E-state index is 0. The topological polar surface area (TPSA) is 0 Å². The number of hydrogen-bond acceptors (Lipinski definition) is 0. The fourth-order valence-electron chi connectivity index (χ4n) is 2.59. The van der Waals surface area contributed by atoms with Gasteiger partial charge in [-0.3, -0.25) is 0 Å². The summed E-state index contributed by atoms with van der Waals surface area (Å²) in [7, 11) is 0. The smallest absolute Gasteiger partial charge is 0.0809 e. The van der Waals surface area contributed by atoms with Crippen molar-refractivity contribution in [2.45, 2.75) is 13.8 Å². The first-order chi connectivity index (χ1) is 10.8. The molecule has 0 aliphatic carbocycles. The van der Waals surface area contributed by atoms with Gasteiger partial charge in [0, 0.05) is 0 Å². The Bertz CT molecular complexity index is 834. The Morgan fingerprint density at radius 1 is 0.792 bits per heavy atom. The van der Waals surface area contributed by atoms with E-state index in [-0.39, 0.29) is 24.8 Å². The number of rotatable bonds is 0. The van der Waals surface area contributed by atoms with Gasteiger partial charge in [0.05, 0.1) is 0 Å². The Labute approximate surface area is 173 Å². The molecule has 4 aromatic carbocycles. The van der Waals surface area contributed by atoms with Crippen molar-refractivity contribution < 1.29 is 48.1 Å². The average molecular weight is 449 g/mol. The molecule has 0 fully saturated rings. The van der Waals surface area contributed by atoms with Crippen LogP contribution in [0.25, 0.3) is 21.5 Å². The number of halogens is 2. The molecule has 0 heterocycles. The van der Waals surface area contributed by atoms with Gasteiger partial charge >= 0.3 is 30.2 Å². The van der Waals surface area contributed by atoms with Crippen molar-refractivity contribution in [2.75, 3.05) is 0 Å². The van der Waals surface area contributed by atoms with Crippen molar-refractivity contribution in [3.8, 4) is 0 Å². The van der Waals surface area contributed by atoms with Gasteiger partial charge in [-0.1, -0.05) is 26.0 Å². The fourth-order valence-corrected chi connectivity index (χ4v) is 2.59. The Morgan fingerprint density at radius 3 is 2.00 bits per heavy atom. The molecule has 122 valence electrons. The molecular formula is C20H18Cl2SiZr-2. The van der Waals surface area contributed by atoms with Gasteiger partial charge < -0.3 is 24.8 Å². The van der Waals surface area contributed by atoms with Gasteiger partial charge in [0.2, 0.25) is 0 Å². The van der Waals surface area contributed by atoms with E-state index in [1.807, 2.05) is 0 Å². The summed E-state index contributed by atoms with van der Waals surface area (Å²) in [5.41, 5.74) is 2.81. The van der Waals surface area contributed by atoms with Crippen LogP contribution >= 0.6 is 0 Å². The molecule has 4 rings (SSSR count). The fraction of sp³-hybridized carbons (Fsp3) is 0.100. The van der Waals surface area contributed by atoms with Crippen LogP contribution in [0.4, 0.5) is 0 Å². The summed E-state index contributed by atoms with van der Waals surface area (Å²) in [5.74, 6) is 0. The first-order valence-corrected chi connectivity index (χ1v) is 11.4. The van der Waals surface area contributed by atoms with Gasteiger partial charge in [0.15, 0.2) is 0 Å². The quantitative estimate of drug-likeness (QED) is 0.248. The summed E-state index contributed by atoms with van der Waals surface area (Å²) in [6.45, 7) is 7.40. The minimum Gasteiger partial charge on any atom is -0.168 e. The predicted molar refractivity (Wildman–Crippen MR) is 94.3 cm³/mol. The van der Waals surface area contributed by atoms with Crippen LogP contribution < -0.4 is 24.8 Å². The molecule has 0 spiro atoms. The molecular weight excluding hydrogens is 430 g/mol. The van der Waals surface area contributed by atoms with Crippen molar-refractivity contribution in [1.29, 1.82) is 0 Å². The second kappa shape index (κ2) is 11.8. The summed E-state index contributed by atoms with van der Waals surface area (Å²) in [6.07, 6.45) is 0. The van der Waals surface area contributed by atoms with Crippen LogP contribution in [0, 0.1) is 13.8 Å². The maximum atomic E-state index is 3.06. The molecule has 0 saturated heterocycles. The minimum absolute atomic E-state index is 0. The van der Waals surface area contributed by atoms with Crippen LogP contribution in [-0.4, -0.2) is 6.88 Å². The summed E-state index contributed by atoms with van der Waals surface area (Å²) < 4.78 is 0. The number of benzene rings is 2. The van der Waals surface area contributed by atoms with Gasteiger partial charge in [0.1, 0.15) is 0 Å². The summed E-state index contributed by atoms with van der Waals surface area (Å²) in [6, 6.07) is 25.4. The van der Waals surface area contributed by atoms with Crippen LogP contribution in [0.15, 0.2) is 72.8 Å². The zero-order chi connectivity index (χ0) is 15.9. The third-order valence-electron chi connectivity index (χ3n) is 3.88. The van der Waals surface area contributed by atoms with Crippen molar-refractivity contribution in [1.82, 2.24) is 0 Å². The summed E-state index contributed by atoms with van der Waals surface area (Å²) in [5, 5.41) is 5.42. The third-order valence-corrected chi connectivity index (χ3v) is 3.88. The number of fused-ring (bicyclic) bond motifs is 2. The van der Waals surface area contributed by atoms with Gasteiger partial charge in [-0.05, 0) is 0 Å². The van der Waals surface area contributed by atoms with E-state index < -0.39 is 0 Å². The number of hydrogen-bond donors (Lipinski definition) is 0. The van der Waals surface area contributed by atoms with E-state index >= 15 is 0 Å². The van der Waals surface area contributed by atoms with E-state index in [4.69, 9.17) is 0 Å². The molecule has 0 N–H and O–H groups in total. The maximum Gasteiger partial charge on any atom is -0.0809 e. The molecule has 0 bridgehead atoms. The van der Waals surface area contributed by atoms with Crippen LogP contribution in [0.2, 0.25) is 0 Å². The molecule has 0 aliphatic rings. The van der Waals surface area contributed by atoms with E-state index in [0.29, 0.717) is 0 Å². The van der Waals surface area contributed by atoms with Crippen LogP contribution in [0.3, 0.4) is 0 Å². The number of aryl methyl sites for hydroxylation is 2. The molecule has 0 atom stereocenters. The molecule has 2 radical (unpaired) electrons. The Balaban J connectivity index is 0.000000376. The predicted octanol–water partition coefficient (Wildman–Crippen LogP) is -0.641. The summed E-state index contributed by atoms with van der Waals surface area (Å²) >= 11 is 1.36. The van der Waals surface area contributed by atoms with Crippen LogP contribution in [0.1, 0.15) is 11.1 Å². The van der Waals surface area contributed by atoms with Gasteiger partial charge in [-0.2, -0.15) is 23.1 Å². The molecule has 0 aliphatic heterocycles. The molecule has 4 aromatic rings. The van der Waals surface area contributed by atoms with Crippen LogP contribution in [0.5, 0.6) is 0 Å². The molecule has 0 amide bonds. The second-order valence-corrected chi connectivity index (χ2v) is 5.19. The Hall–Kier alpha value is -0.660. The Morgan fingerprint density at radius 2 is 1.38 bits per heavy atom. The first kappa shape index (κ1) is 23.3. The SMILES string of the molecule is Cc1[cH-]c2ccccc2c1C.[Cl-].[Cl-].[Si]=[Zr+2].c1ccc2[cH-]ccc2c1.